The van der Waals surface area contributed by atoms with Crippen molar-refractivity contribution < 1.29 is 0 Å². The van der Waals surface area contributed by atoms with Gasteiger partial charge < -0.3 is 4.57 Å². The number of nitriles is 1. The molecule has 0 bridgehead atoms. The number of nitrogens with zero attached hydrogens (tertiary/aromatic N) is 3. The molecule has 0 aliphatic carbocycles. The van der Waals surface area contributed by atoms with Crippen LogP contribution in [0.3, 0.4) is 0 Å². The van der Waals surface area contributed by atoms with Gasteiger partial charge in [-0.1, -0.05) is 0 Å². The summed E-state index contributed by atoms with van der Waals surface area (Å²) in [6.45, 7) is 1.01. The van der Waals surface area contributed by atoms with E-state index in [0.717, 1.165) is 33.4 Å². The normalized spacial score (nSPS) is 14.0. The van der Waals surface area contributed by atoms with Gasteiger partial charge in [0.25, 0.3) is 0 Å². The SMILES string of the molecule is N#Cc1c(I)c(-c2cccnc2)n2c1CCCC2. The molecule has 2 aromatic rings. The van der Waals surface area contributed by atoms with Crippen molar-refractivity contribution in [3.8, 4) is 17.3 Å². The Hall–Kier alpha value is -1.35. The quantitative estimate of drug-likeness (QED) is 0.741. The Morgan fingerprint density at radius 3 is 3.00 bits per heavy atom. The summed E-state index contributed by atoms with van der Waals surface area (Å²) in [7, 11) is 0. The van der Waals surface area contributed by atoms with Gasteiger partial charge in [0.05, 0.1) is 14.8 Å². The van der Waals surface area contributed by atoms with E-state index >= 15 is 0 Å². The van der Waals surface area contributed by atoms with Crippen molar-refractivity contribution in [2.45, 2.75) is 25.8 Å². The minimum absolute atomic E-state index is 0.856. The number of aromatic nitrogens is 2. The fourth-order valence-electron chi connectivity index (χ4n) is 2.60. The van der Waals surface area contributed by atoms with Crippen LogP contribution in [0.25, 0.3) is 11.3 Å². The van der Waals surface area contributed by atoms with Crippen LogP contribution in [0.1, 0.15) is 24.1 Å². The summed E-state index contributed by atoms with van der Waals surface area (Å²) in [6.07, 6.45) is 7.04. The Balaban J connectivity index is 2.27. The topological polar surface area (TPSA) is 41.6 Å². The van der Waals surface area contributed by atoms with E-state index in [4.69, 9.17) is 0 Å². The predicted molar refractivity (Wildman–Crippen MR) is 78.0 cm³/mol. The molecular weight excluding hydrogens is 337 g/mol. The van der Waals surface area contributed by atoms with E-state index in [9.17, 15) is 5.26 Å². The third-order valence-electron chi connectivity index (χ3n) is 3.40. The molecule has 0 amide bonds. The van der Waals surface area contributed by atoms with Crippen molar-refractivity contribution >= 4 is 22.6 Å². The molecule has 2 aromatic heterocycles. The van der Waals surface area contributed by atoms with Crippen LogP contribution in [-0.4, -0.2) is 9.55 Å². The van der Waals surface area contributed by atoms with Crippen LogP contribution >= 0.6 is 22.6 Å². The fraction of sp³-hybridized carbons (Fsp3) is 0.286. The molecule has 0 saturated heterocycles. The molecule has 0 aromatic carbocycles. The third kappa shape index (κ3) is 1.74. The van der Waals surface area contributed by atoms with Crippen LogP contribution in [0.4, 0.5) is 0 Å². The first-order valence-corrected chi connectivity index (χ1v) is 7.12. The van der Waals surface area contributed by atoms with E-state index in [1.54, 1.807) is 6.20 Å². The molecule has 18 heavy (non-hydrogen) atoms. The summed E-state index contributed by atoms with van der Waals surface area (Å²) in [5.41, 5.74) is 4.32. The standard InChI is InChI=1S/C14H12IN3/c15-13-11(8-16)12-5-1-2-7-18(12)14(13)10-4-3-6-17-9-10/h3-4,6,9H,1-2,5,7H2. The Bertz CT molecular complexity index is 623. The molecule has 1 aliphatic heterocycles. The van der Waals surface area contributed by atoms with E-state index in [1.165, 1.54) is 18.5 Å². The second-order valence-corrected chi connectivity index (χ2v) is 5.53. The van der Waals surface area contributed by atoms with Crippen molar-refractivity contribution in [1.82, 2.24) is 9.55 Å². The molecule has 0 radical (unpaired) electrons. The molecule has 90 valence electrons. The van der Waals surface area contributed by atoms with Crippen molar-refractivity contribution in [3.63, 3.8) is 0 Å². The van der Waals surface area contributed by atoms with Crippen molar-refractivity contribution in [2.24, 2.45) is 0 Å². The molecule has 0 atom stereocenters. The van der Waals surface area contributed by atoms with Gasteiger partial charge in [0.15, 0.2) is 0 Å². The number of hydrogen-bond donors (Lipinski definition) is 0. The molecular formula is C14H12IN3. The Kier molecular flexibility index (Phi) is 3.08. The molecule has 0 N–H and O–H groups in total. The maximum absolute atomic E-state index is 9.35. The van der Waals surface area contributed by atoms with E-state index < -0.39 is 0 Å². The second-order valence-electron chi connectivity index (χ2n) is 4.45. The zero-order valence-electron chi connectivity index (χ0n) is 9.86. The number of halogens is 1. The minimum atomic E-state index is 0.856. The van der Waals surface area contributed by atoms with Gasteiger partial charge in [-0.3, -0.25) is 4.98 Å². The number of rotatable bonds is 1. The summed E-state index contributed by atoms with van der Waals surface area (Å²) >= 11 is 2.29. The van der Waals surface area contributed by atoms with Crippen LogP contribution in [0.5, 0.6) is 0 Å². The van der Waals surface area contributed by atoms with E-state index in [0.29, 0.717) is 0 Å². The van der Waals surface area contributed by atoms with Gasteiger partial charge >= 0.3 is 0 Å². The summed E-state index contributed by atoms with van der Waals surface area (Å²) in [5, 5.41) is 9.35. The average molecular weight is 349 g/mol. The number of fused-ring (bicyclic) bond motifs is 1. The van der Waals surface area contributed by atoms with Crippen LogP contribution < -0.4 is 0 Å². The Morgan fingerprint density at radius 1 is 1.39 bits per heavy atom. The Labute approximate surface area is 120 Å². The largest absolute Gasteiger partial charge is 0.342 e. The molecule has 0 spiro atoms. The first-order valence-electron chi connectivity index (χ1n) is 6.04. The van der Waals surface area contributed by atoms with Gasteiger partial charge in [0.2, 0.25) is 0 Å². The van der Waals surface area contributed by atoms with Crippen molar-refractivity contribution in [3.05, 3.63) is 39.4 Å². The zero-order chi connectivity index (χ0) is 12.5. The number of pyridine rings is 1. The van der Waals surface area contributed by atoms with Gasteiger partial charge in [-0.2, -0.15) is 5.26 Å². The highest BCUT2D eigenvalue weighted by Gasteiger charge is 2.23. The van der Waals surface area contributed by atoms with Crippen LogP contribution in [0.15, 0.2) is 24.5 Å². The van der Waals surface area contributed by atoms with Gasteiger partial charge in [-0.25, -0.2) is 0 Å². The van der Waals surface area contributed by atoms with Gasteiger partial charge in [-0.05, 0) is 54.0 Å². The highest BCUT2D eigenvalue weighted by molar-refractivity contribution is 14.1. The highest BCUT2D eigenvalue weighted by atomic mass is 127. The lowest BCUT2D eigenvalue weighted by molar-refractivity contribution is 0.536. The number of hydrogen-bond acceptors (Lipinski definition) is 2. The molecule has 0 unspecified atom stereocenters. The monoisotopic (exact) mass is 349 g/mol. The predicted octanol–water partition coefficient (Wildman–Crippen LogP) is 3.36. The fourth-order valence-corrected chi connectivity index (χ4v) is 3.64. The van der Waals surface area contributed by atoms with Gasteiger partial charge in [-0.15, -0.1) is 0 Å². The molecule has 1 aliphatic rings. The molecule has 0 saturated carbocycles. The molecule has 4 heteroatoms. The lowest BCUT2D eigenvalue weighted by Gasteiger charge is -2.18. The molecule has 3 heterocycles. The lowest BCUT2D eigenvalue weighted by atomic mass is 10.1. The molecule has 3 rings (SSSR count). The molecule has 0 fully saturated rings. The van der Waals surface area contributed by atoms with E-state index in [1.807, 2.05) is 12.3 Å². The first-order chi connectivity index (χ1) is 8.83. The van der Waals surface area contributed by atoms with Crippen LogP contribution in [0.2, 0.25) is 0 Å². The summed E-state index contributed by atoms with van der Waals surface area (Å²) < 4.78 is 3.38. The summed E-state index contributed by atoms with van der Waals surface area (Å²) in [4.78, 5) is 4.19. The second kappa shape index (κ2) is 4.73. The van der Waals surface area contributed by atoms with Gasteiger partial charge in [0.1, 0.15) is 6.07 Å². The molecule has 3 nitrogen and oxygen atoms in total. The van der Waals surface area contributed by atoms with E-state index in [2.05, 4.69) is 44.3 Å². The smallest absolute Gasteiger partial charge is 0.102 e. The van der Waals surface area contributed by atoms with Crippen LogP contribution in [0, 0.1) is 14.9 Å². The maximum Gasteiger partial charge on any atom is 0.102 e. The van der Waals surface area contributed by atoms with E-state index in [-0.39, 0.29) is 0 Å². The average Bonchev–Trinajstić information content (AvgIpc) is 2.71. The zero-order valence-corrected chi connectivity index (χ0v) is 12.0. The lowest BCUT2D eigenvalue weighted by Crippen LogP contribution is -2.11. The van der Waals surface area contributed by atoms with Gasteiger partial charge in [0, 0.05) is 30.2 Å². The first kappa shape index (κ1) is 11.7. The van der Waals surface area contributed by atoms with Crippen LogP contribution in [-0.2, 0) is 13.0 Å². The minimum Gasteiger partial charge on any atom is -0.342 e. The summed E-state index contributed by atoms with van der Waals surface area (Å²) in [5.74, 6) is 0. The maximum atomic E-state index is 9.35. The highest BCUT2D eigenvalue weighted by Crippen LogP contribution is 2.35. The third-order valence-corrected chi connectivity index (χ3v) is 4.45. The summed E-state index contributed by atoms with van der Waals surface area (Å²) in [6, 6.07) is 6.37. The van der Waals surface area contributed by atoms with Crippen molar-refractivity contribution in [1.29, 1.82) is 5.26 Å². The van der Waals surface area contributed by atoms with Crippen molar-refractivity contribution in [2.75, 3.05) is 0 Å². The Morgan fingerprint density at radius 2 is 2.28 bits per heavy atom.